The summed E-state index contributed by atoms with van der Waals surface area (Å²) in [5, 5.41) is 0. The van der Waals surface area contributed by atoms with E-state index in [2.05, 4.69) is 16.0 Å². The fourth-order valence-corrected chi connectivity index (χ4v) is 3.79. The molecule has 0 aliphatic rings. The Balaban J connectivity index is 1.96. The number of nitrogens with zero attached hydrogens (tertiary/aromatic N) is 2. The van der Waals surface area contributed by atoms with Gasteiger partial charge in [0.1, 0.15) is 0 Å². The fourth-order valence-electron chi connectivity index (χ4n) is 1.66. The van der Waals surface area contributed by atoms with E-state index in [4.69, 9.17) is 5.73 Å². The zero-order valence-electron chi connectivity index (χ0n) is 9.54. The van der Waals surface area contributed by atoms with Gasteiger partial charge in [0.2, 0.25) is 0 Å². The second-order valence-corrected chi connectivity index (χ2v) is 6.06. The van der Waals surface area contributed by atoms with Crippen molar-refractivity contribution < 1.29 is 0 Å². The number of pyridine rings is 1. The molecule has 0 unspecified atom stereocenters. The van der Waals surface area contributed by atoms with Gasteiger partial charge in [-0.2, -0.15) is 0 Å². The first-order valence-electron chi connectivity index (χ1n) is 5.53. The van der Waals surface area contributed by atoms with Crippen LogP contribution in [-0.2, 0) is 6.54 Å². The van der Waals surface area contributed by atoms with Crippen LogP contribution in [0.3, 0.4) is 0 Å². The van der Waals surface area contributed by atoms with Crippen molar-refractivity contribution in [1.82, 2.24) is 9.97 Å². The molecule has 0 saturated carbocycles. The molecule has 3 aromatic rings. The van der Waals surface area contributed by atoms with Gasteiger partial charge in [-0.15, -0.1) is 11.3 Å². The van der Waals surface area contributed by atoms with Gasteiger partial charge in [0.05, 0.1) is 10.2 Å². The van der Waals surface area contributed by atoms with Crippen molar-refractivity contribution in [2.24, 2.45) is 5.73 Å². The molecule has 18 heavy (non-hydrogen) atoms. The monoisotopic (exact) mass is 273 g/mol. The highest BCUT2D eigenvalue weighted by Gasteiger charge is 2.08. The van der Waals surface area contributed by atoms with E-state index >= 15 is 0 Å². The summed E-state index contributed by atoms with van der Waals surface area (Å²) in [6, 6.07) is 10.1. The molecule has 0 amide bonds. The molecule has 2 aromatic heterocycles. The molecule has 3 nitrogen and oxygen atoms in total. The van der Waals surface area contributed by atoms with Crippen molar-refractivity contribution in [1.29, 1.82) is 0 Å². The highest BCUT2D eigenvalue weighted by molar-refractivity contribution is 8.01. The second-order valence-electron chi connectivity index (χ2n) is 3.74. The minimum absolute atomic E-state index is 0.524. The second kappa shape index (κ2) is 5.06. The van der Waals surface area contributed by atoms with Crippen molar-refractivity contribution in [2.45, 2.75) is 15.8 Å². The normalized spacial score (nSPS) is 10.9. The lowest BCUT2D eigenvalue weighted by atomic mass is 10.3. The standard InChI is InChI=1S/C13H11N3S2/c14-7-9-5-6-15-8-12(9)18-13-16-10-3-1-2-4-11(10)17-13/h1-6,8H,7,14H2. The third-order valence-electron chi connectivity index (χ3n) is 2.56. The van der Waals surface area contributed by atoms with E-state index in [-0.39, 0.29) is 0 Å². The minimum atomic E-state index is 0.524. The van der Waals surface area contributed by atoms with Crippen molar-refractivity contribution >= 4 is 33.3 Å². The number of fused-ring (bicyclic) bond motifs is 1. The molecule has 0 aliphatic heterocycles. The zero-order valence-corrected chi connectivity index (χ0v) is 11.2. The number of rotatable bonds is 3. The topological polar surface area (TPSA) is 51.8 Å². The number of nitrogens with two attached hydrogens (primary N) is 1. The van der Waals surface area contributed by atoms with Crippen LogP contribution in [-0.4, -0.2) is 9.97 Å². The third kappa shape index (κ3) is 2.25. The van der Waals surface area contributed by atoms with Crippen LogP contribution in [0.5, 0.6) is 0 Å². The molecule has 2 N–H and O–H groups in total. The maximum atomic E-state index is 5.72. The van der Waals surface area contributed by atoms with Gasteiger partial charge in [-0.1, -0.05) is 23.9 Å². The Bertz CT molecular complexity index is 646. The summed E-state index contributed by atoms with van der Waals surface area (Å²) in [6.07, 6.45) is 3.61. The molecule has 0 atom stereocenters. The Labute approximate surface area is 113 Å². The van der Waals surface area contributed by atoms with E-state index in [0.717, 1.165) is 20.3 Å². The minimum Gasteiger partial charge on any atom is -0.326 e. The Morgan fingerprint density at radius 2 is 2.11 bits per heavy atom. The van der Waals surface area contributed by atoms with Gasteiger partial charge < -0.3 is 5.73 Å². The molecule has 3 rings (SSSR count). The van der Waals surface area contributed by atoms with Crippen LogP contribution in [0.15, 0.2) is 52.0 Å². The molecular formula is C13H11N3S2. The molecule has 0 saturated heterocycles. The zero-order chi connectivity index (χ0) is 12.4. The lowest BCUT2D eigenvalue weighted by Crippen LogP contribution is -1.98. The van der Waals surface area contributed by atoms with Crippen LogP contribution in [0.1, 0.15) is 5.56 Å². The van der Waals surface area contributed by atoms with Gasteiger partial charge >= 0.3 is 0 Å². The summed E-state index contributed by atoms with van der Waals surface area (Å²) >= 11 is 3.32. The highest BCUT2D eigenvalue weighted by atomic mass is 32.2. The Morgan fingerprint density at radius 3 is 2.94 bits per heavy atom. The first kappa shape index (κ1) is 11.6. The highest BCUT2D eigenvalue weighted by Crippen LogP contribution is 2.35. The van der Waals surface area contributed by atoms with E-state index in [1.807, 2.05) is 30.5 Å². The molecule has 0 fully saturated rings. The summed E-state index contributed by atoms with van der Waals surface area (Å²) in [4.78, 5) is 9.82. The maximum absolute atomic E-state index is 5.72. The van der Waals surface area contributed by atoms with Crippen LogP contribution in [0.4, 0.5) is 0 Å². The average Bonchev–Trinajstić information content (AvgIpc) is 2.81. The maximum Gasteiger partial charge on any atom is 0.155 e. The van der Waals surface area contributed by atoms with Crippen molar-refractivity contribution in [3.05, 3.63) is 48.3 Å². The smallest absolute Gasteiger partial charge is 0.155 e. The van der Waals surface area contributed by atoms with Crippen LogP contribution in [0.2, 0.25) is 0 Å². The van der Waals surface area contributed by atoms with E-state index < -0.39 is 0 Å². The first-order valence-corrected chi connectivity index (χ1v) is 7.16. The van der Waals surface area contributed by atoms with Crippen molar-refractivity contribution in [2.75, 3.05) is 0 Å². The molecule has 2 heterocycles. The molecule has 0 spiro atoms. The van der Waals surface area contributed by atoms with Crippen molar-refractivity contribution in [3.8, 4) is 0 Å². The number of aromatic nitrogens is 2. The van der Waals surface area contributed by atoms with Crippen LogP contribution >= 0.6 is 23.1 Å². The fraction of sp³-hybridized carbons (Fsp3) is 0.0769. The van der Waals surface area contributed by atoms with E-state index in [1.54, 1.807) is 29.3 Å². The molecule has 0 bridgehead atoms. The number of para-hydroxylation sites is 1. The first-order chi connectivity index (χ1) is 8.86. The average molecular weight is 273 g/mol. The van der Waals surface area contributed by atoms with Crippen molar-refractivity contribution in [3.63, 3.8) is 0 Å². The quantitative estimate of drug-likeness (QED) is 0.795. The predicted molar refractivity (Wildman–Crippen MR) is 75.9 cm³/mol. The van der Waals surface area contributed by atoms with Gasteiger partial charge in [0.15, 0.2) is 4.34 Å². The van der Waals surface area contributed by atoms with Gasteiger partial charge in [0.25, 0.3) is 0 Å². The Morgan fingerprint density at radius 1 is 1.22 bits per heavy atom. The number of hydrogen-bond donors (Lipinski definition) is 1. The molecule has 5 heteroatoms. The lowest BCUT2D eigenvalue weighted by Gasteiger charge is -2.03. The Hall–Kier alpha value is -1.43. The number of thiazole rings is 1. The SMILES string of the molecule is NCc1ccncc1Sc1nc2ccccc2s1. The summed E-state index contributed by atoms with van der Waals surface area (Å²) in [7, 11) is 0. The lowest BCUT2D eigenvalue weighted by molar-refractivity contribution is 1.00. The number of hydrogen-bond acceptors (Lipinski definition) is 5. The van der Waals surface area contributed by atoms with E-state index in [1.165, 1.54) is 4.70 Å². The summed E-state index contributed by atoms with van der Waals surface area (Å²) < 4.78 is 2.23. The van der Waals surface area contributed by atoms with Gasteiger partial charge in [0, 0.05) is 23.8 Å². The summed E-state index contributed by atoms with van der Waals surface area (Å²) in [5.41, 5.74) is 7.87. The van der Waals surface area contributed by atoms with Gasteiger partial charge in [-0.25, -0.2) is 4.98 Å². The largest absolute Gasteiger partial charge is 0.326 e. The molecule has 1 aromatic carbocycles. The summed E-state index contributed by atoms with van der Waals surface area (Å²) in [6.45, 7) is 0.524. The summed E-state index contributed by atoms with van der Waals surface area (Å²) in [5.74, 6) is 0. The predicted octanol–water partition coefficient (Wildman–Crippen LogP) is 3.30. The Kier molecular flexibility index (Phi) is 3.27. The third-order valence-corrected chi connectivity index (χ3v) is 4.75. The van der Waals surface area contributed by atoms with Gasteiger partial charge in [-0.3, -0.25) is 4.98 Å². The molecule has 0 radical (unpaired) electrons. The van der Waals surface area contributed by atoms with Crippen LogP contribution < -0.4 is 5.73 Å². The van der Waals surface area contributed by atoms with Gasteiger partial charge in [-0.05, 0) is 23.8 Å². The van der Waals surface area contributed by atoms with Crippen LogP contribution in [0, 0.1) is 0 Å². The molecule has 0 aliphatic carbocycles. The number of benzene rings is 1. The molecular weight excluding hydrogens is 262 g/mol. The molecule has 90 valence electrons. The van der Waals surface area contributed by atoms with Crippen LogP contribution in [0.25, 0.3) is 10.2 Å². The van der Waals surface area contributed by atoms with E-state index in [9.17, 15) is 0 Å². The van der Waals surface area contributed by atoms with E-state index in [0.29, 0.717) is 6.54 Å².